The van der Waals surface area contributed by atoms with Crippen LogP contribution < -0.4 is 5.32 Å². The van der Waals surface area contributed by atoms with E-state index in [0.717, 1.165) is 49.0 Å². The van der Waals surface area contributed by atoms with Gasteiger partial charge in [-0.2, -0.15) is 0 Å². The molecule has 2 fully saturated rings. The molecule has 8 nitrogen and oxygen atoms in total. The van der Waals surface area contributed by atoms with Crippen LogP contribution in [-0.4, -0.2) is 62.0 Å². The number of hydrogen-bond acceptors (Lipinski definition) is 6. The van der Waals surface area contributed by atoms with Gasteiger partial charge in [0.05, 0.1) is 19.8 Å². The second kappa shape index (κ2) is 15.1. The van der Waals surface area contributed by atoms with Crippen LogP contribution >= 0.6 is 0 Å². The van der Waals surface area contributed by atoms with Crippen LogP contribution in [0.3, 0.4) is 0 Å². The zero-order valence-electron chi connectivity index (χ0n) is 23.6. The Labute approximate surface area is 242 Å². The van der Waals surface area contributed by atoms with Gasteiger partial charge in [-0.1, -0.05) is 91.0 Å². The number of carbonyl (C=O) groups excluding carboxylic acids is 1. The van der Waals surface area contributed by atoms with E-state index in [1.165, 1.54) is 0 Å². The minimum absolute atomic E-state index is 0.177. The maximum absolute atomic E-state index is 13.3. The zero-order valence-corrected chi connectivity index (χ0v) is 23.6. The summed E-state index contributed by atoms with van der Waals surface area (Å²) in [5, 5.41) is 3.09. The van der Waals surface area contributed by atoms with Crippen molar-refractivity contribution in [3.63, 3.8) is 0 Å². The third kappa shape index (κ3) is 8.15. The van der Waals surface area contributed by atoms with Crippen molar-refractivity contribution in [1.29, 1.82) is 0 Å². The molecule has 0 bridgehead atoms. The summed E-state index contributed by atoms with van der Waals surface area (Å²) in [7, 11) is 1.58. The molecule has 2 saturated heterocycles. The van der Waals surface area contributed by atoms with Crippen LogP contribution in [0.25, 0.3) is 0 Å². The molecule has 2 heterocycles. The normalized spacial score (nSPS) is 24.6. The van der Waals surface area contributed by atoms with E-state index in [4.69, 9.17) is 23.7 Å². The van der Waals surface area contributed by atoms with E-state index in [-0.39, 0.29) is 6.03 Å². The number of urea groups is 1. The molecule has 41 heavy (non-hydrogen) atoms. The van der Waals surface area contributed by atoms with E-state index in [9.17, 15) is 4.79 Å². The van der Waals surface area contributed by atoms with Gasteiger partial charge in [0.2, 0.25) is 0 Å². The number of amides is 2. The lowest BCUT2D eigenvalue weighted by Crippen LogP contribution is -2.65. The summed E-state index contributed by atoms with van der Waals surface area (Å²) in [6.45, 7) is 2.44. The molecule has 2 amide bonds. The van der Waals surface area contributed by atoms with Gasteiger partial charge in [0, 0.05) is 20.2 Å². The molecular weight excluding hydrogens is 520 g/mol. The highest BCUT2D eigenvalue weighted by atomic mass is 16.7. The smallest absolute Gasteiger partial charge is 0.319 e. The van der Waals surface area contributed by atoms with Crippen LogP contribution in [0.15, 0.2) is 91.0 Å². The lowest BCUT2D eigenvalue weighted by Gasteiger charge is -2.46. The summed E-state index contributed by atoms with van der Waals surface area (Å²) >= 11 is 0. The Morgan fingerprint density at radius 1 is 0.707 bits per heavy atom. The number of ether oxygens (including phenoxy) is 5. The Balaban J connectivity index is 1.41. The number of nitrogens with one attached hydrogen (secondary N) is 1. The first-order valence-corrected chi connectivity index (χ1v) is 14.4. The number of nitrogens with zero attached hydrogens (tertiary/aromatic N) is 1. The largest absolute Gasteiger partial charge is 0.368 e. The number of likely N-dealkylation sites (tertiary alicyclic amines) is 1. The van der Waals surface area contributed by atoms with Crippen molar-refractivity contribution in [3.8, 4) is 0 Å². The molecule has 3 aromatic rings. The highest BCUT2D eigenvalue weighted by Crippen LogP contribution is 2.30. The van der Waals surface area contributed by atoms with Crippen LogP contribution in [0.1, 0.15) is 36.0 Å². The van der Waals surface area contributed by atoms with Crippen LogP contribution in [-0.2, 0) is 43.5 Å². The lowest BCUT2D eigenvalue weighted by atomic mass is 10.0. The molecule has 5 rings (SSSR count). The summed E-state index contributed by atoms with van der Waals surface area (Å²) in [4.78, 5) is 15.2. The first-order chi connectivity index (χ1) is 20.2. The molecule has 0 aromatic heterocycles. The van der Waals surface area contributed by atoms with E-state index < -0.39 is 30.8 Å². The standard InChI is InChI=1S/C33H40N2O6/c1-37-32-30(40-24-27-18-10-4-11-19-27)28(38-22-25-14-6-2-7-15-25)29(39-23-26-16-8-3-9-17-26)31(41-32)34-33(36)35-20-12-5-13-21-35/h2-4,6-11,14-19,28-32H,5,12-13,20-24H2,1H3,(H,34,36)/t28-,29-,30+,31-,32-/m0/s1. The van der Waals surface area contributed by atoms with Crippen molar-refractivity contribution in [2.45, 2.75) is 69.9 Å². The molecule has 0 radical (unpaired) electrons. The Morgan fingerprint density at radius 3 is 1.66 bits per heavy atom. The molecule has 5 atom stereocenters. The highest BCUT2D eigenvalue weighted by molar-refractivity contribution is 5.74. The summed E-state index contributed by atoms with van der Waals surface area (Å²) in [6, 6.07) is 29.7. The molecule has 0 saturated carbocycles. The van der Waals surface area contributed by atoms with E-state index in [2.05, 4.69) is 5.32 Å². The highest BCUT2D eigenvalue weighted by Gasteiger charge is 2.49. The predicted octanol–water partition coefficient (Wildman–Crippen LogP) is 5.27. The van der Waals surface area contributed by atoms with Gasteiger partial charge in [0.1, 0.15) is 18.3 Å². The lowest BCUT2D eigenvalue weighted by molar-refractivity contribution is -0.320. The summed E-state index contributed by atoms with van der Waals surface area (Å²) in [6.07, 6.45) is -0.370. The second-order valence-corrected chi connectivity index (χ2v) is 10.4. The Kier molecular flexibility index (Phi) is 10.8. The molecule has 8 heteroatoms. The monoisotopic (exact) mass is 560 g/mol. The fourth-order valence-corrected chi connectivity index (χ4v) is 5.27. The molecule has 0 spiro atoms. The first kappa shape index (κ1) is 29.2. The van der Waals surface area contributed by atoms with Crippen LogP contribution in [0, 0.1) is 0 Å². The van der Waals surface area contributed by atoms with Crippen molar-refractivity contribution in [2.75, 3.05) is 20.2 Å². The average molecular weight is 561 g/mol. The number of benzene rings is 3. The number of rotatable bonds is 11. The quantitative estimate of drug-likeness (QED) is 0.345. The van der Waals surface area contributed by atoms with Gasteiger partial charge < -0.3 is 33.9 Å². The topological polar surface area (TPSA) is 78.5 Å². The van der Waals surface area contributed by atoms with Gasteiger partial charge >= 0.3 is 6.03 Å². The minimum Gasteiger partial charge on any atom is -0.368 e. The summed E-state index contributed by atoms with van der Waals surface area (Å²) in [5.74, 6) is 0. The molecule has 2 aliphatic rings. The fraction of sp³-hybridized carbons (Fsp3) is 0.424. The Bertz CT molecular complexity index is 1180. The maximum Gasteiger partial charge on any atom is 0.319 e. The zero-order chi connectivity index (χ0) is 28.3. The van der Waals surface area contributed by atoms with E-state index in [1.807, 2.05) is 95.9 Å². The molecule has 3 aromatic carbocycles. The number of hydrogen-bond donors (Lipinski definition) is 1. The van der Waals surface area contributed by atoms with Gasteiger partial charge in [-0.25, -0.2) is 4.79 Å². The van der Waals surface area contributed by atoms with E-state index >= 15 is 0 Å². The van der Waals surface area contributed by atoms with Crippen LogP contribution in [0.5, 0.6) is 0 Å². The molecular formula is C33H40N2O6. The SMILES string of the molecule is CO[C@H]1O[C@H](NC(=O)N2CCCCC2)[C@@H](OCc2ccccc2)[C@H](OCc2ccccc2)[C@H]1OCc1ccccc1. The molecule has 2 aliphatic heterocycles. The van der Waals surface area contributed by atoms with Crippen molar-refractivity contribution >= 4 is 6.03 Å². The molecule has 1 N–H and O–H groups in total. The average Bonchev–Trinajstić information content (AvgIpc) is 3.04. The molecule has 218 valence electrons. The minimum atomic E-state index is -0.810. The number of methoxy groups -OCH3 is 1. The van der Waals surface area contributed by atoms with E-state index in [0.29, 0.717) is 19.8 Å². The van der Waals surface area contributed by atoms with Gasteiger partial charge in [-0.15, -0.1) is 0 Å². The van der Waals surface area contributed by atoms with E-state index in [1.54, 1.807) is 7.11 Å². The third-order valence-electron chi connectivity index (χ3n) is 7.49. The van der Waals surface area contributed by atoms with Gasteiger partial charge in [0.15, 0.2) is 12.5 Å². The summed E-state index contributed by atoms with van der Waals surface area (Å²) < 4.78 is 31.7. The Hall–Kier alpha value is -3.27. The molecule has 0 aliphatic carbocycles. The maximum atomic E-state index is 13.3. The van der Waals surface area contributed by atoms with Crippen molar-refractivity contribution in [3.05, 3.63) is 108 Å². The summed E-state index contributed by atoms with van der Waals surface area (Å²) in [5.41, 5.74) is 3.04. The van der Waals surface area contributed by atoms with Crippen molar-refractivity contribution < 1.29 is 28.5 Å². The van der Waals surface area contributed by atoms with Gasteiger partial charge in [-0.05, 0) is 36.0 Å². The fourth-order valence-electron chi connectivity index (χ4n) is 5.27. The van der Waals surface area contributed by atoms with Gasteiger partial charge in [-0.3, -0.25) is 0 Å². The van der Waals surface area contributed by atoms with Crippen LogP contribution in [0.4, 0.5) is 4.79 Å². The predicted molar refractivity (Wildman–Crippen MR) is 155 cm³/mol. The third-order valence-corrected chi connectivity index (χ3v) is 7.49. The van der Waals surface area contributed by atoms with Crippen molar-refractivity contribution in [2.24, 2.45) is 0 Å². The van der Waals surface area contributed by atoms with Crippen LogP contribution in [0.2, 0.25) is 0 Å². The molecule has 0 unspecified atom stereocenters. The number of piperidine rings is 1. The number of carbonyl (C=O) groups is 1. The van der Waals surface area contributed by atoms with Crippen molar-refractivity contribution in [1.82, 2.24) is 10.2 Å². The second-order valence-electron chi connectivity index (χ2n) is 10.4. The van der Waals surface area contributed by atoms with Gasteiger partial charge in [0.25, 0.3) is 0 Å². The first-order valence-electron chi connectivity index (χ1n) is 14.4. The Morgan fingerprint density at radius 2 is 1.17 bits per heavy atom.